The van der Waals surface area contributed by atoms with E-state index in [0.717, 1.165) is 32.5 Å². The van der Waals surface area contributed by atoms with Crippen LogP contribution in [0.2, 0.25) is 0 Å². The summed E-state index contributed by atoms with van der Waals surface area (Å²) >= 11 is 0. The molecule has 1 atom stereocenters. The fourth-order valence-electron chi connectivity index (χ4n) is 2.05. The van der Waals surface area contributed by atoms with Crippen LogP contribution >= 0.6 is 0 Å². The Morgan fingerprint density at radius 3 is 2.50 bits per heavy atom. The highest BCUT2D eigenvalue weighted by atomic mass is 16.4. The third kappa shape index (κ3) is 4.91. The van der Waals surface area contributed by atoms with Gasteiger partial charge >= 0.3 is 12.0 Å². The standard InChI is InChI=1S/C12H23N3O3/c1-3-15-6-4-10(5-7-15)8-13-12(18)14-9(2)11(16)17/h9-10H,3-8H2,1-2H3,(H,16,17)(H2,13,14,18). The summed E-state index contributed by atoms with van der Waals surface area (Å²) in [5.74, 6) is -0.528. The normalized spacial score (nSPS) is 19.2. The van der Waals surface area contributed by atoms with Gasteiger partial charge in [-0.25, -0.2) is 4.79 Å². The molecule has 1 rings (SSSR count). The van der Waals surface area contributed by atoms with E-state index in [1.165, 1.54) is 6.92 Å². The van der Waals surface area contributed by atoms with E-state index in [4.69, 9.17) is 5.11 Å². The Labute approximate surface area is 108 Å². The van der Waals surface area contributed by atoms with Crippen molar-refractivity contribution in [3.63, 3.8) is 0 Å². The summed E-state index contributed by atoms with van der Waals surface area (Å²) in [5.41, 5.74) is 0. The number of hydrogen-bond donors (Lipinski definition) is 3. The molecule has 0 aromatic heterocycles. The number of nitrogens with zero attached hydrogens (tertiary/aromatic N) is 1. The van der Waals surface area contributed by atoms with Crippen LogP contribution in [0.15, 0.2) is 0 Å². The lowest BCUT2D eigenvalue weighted by Crippen LogP contribution is -2.46. The number of carboxylic acid groups (broad SMARTS) is 1. The highest BCUT2D eigenvalue weighted by Gasteiger charge is 2.19. The Morgan fingerprint density at radius 2 is 2.00 bits per heavy atom. The third-order valence-electron chi connectivity index (χ3n) is 3.42. The van der Waals surface area contributed by atoms with Gasteiger partial charge in [-0.05, 0) is 45.3 Å². The predicted octanol–water partition coefficient (Wildman–Crippen LogP) is 0.491. The average Bonchev–Trinajstić information content (AvgIpc) is 2.36. The molecule has 1 fully saturated rings. The van der Waals surface area contributed by atoms with Gasteiger partial charge in [-0.3, -0.25) is 4.79 Å². The smallest absolute Gasteiger partial charge is 0.325 e. The lowest BCUT2D eigenvalue weighted by Gasteiger charge is -2.31. The second kappa shape index (κ2) is 7.20. The van der Waals surface area contributed by atoms with E-state index in [0.29, 0.717) is 12.5 Å². The number of rotatable bonds is 5. The summed E-state index contributed by atoms with van der Waals surface area (Å²) < 4.78 is 0. The summed E-state index contributed by atoms with van der Waals surface area (Å²) in [6.07, 6.45) is 2.17. The second-order valence-corrected chi connectivity index (χ2v) is 4.79. The minimum Gasteiger partial charge on any atom is -0.480 e. The van der Waals surface area contributed by atoms with Gasteiger partial charge in [0, 0.05) is 6.54 Å². The van der Waals surface area contributed by atoms with E-state index in [9.17, 15) is 9.59 Å². The van der Waals surface area contributed by atoms with Crippen molar-refractivity contribution in [1.82, 2.24) is 15.5 Å². The number of amides is 2. The van der Waals surface area contributed by atoms with Crippen molar-refractivity contribution in [2.45, 2.75) is 32.7 Å². The molecule has 6 nitrogen and oxygen atoms in total. The van der Waals surface area contributed by atoms with Gasteiger partial charge in [0.05, 0.1) is 0 Å². The molecular formula is C12H23N3O3. The summed E-state index contributed by atoms with van der Waals surface area (Å²) in [5, 5.41) is 13.8. The van der Waals surface area contributed by atoms with E-state index in [2.05, 4.69) is 22.5 Å². The van der Waals surface area contributed by atoms with Crippen LogP contribution in [-0.2, 0) is 4.79 Å². The van der Waals surface area contributed by atoms with E-state index >= 15 is 0 Å². The summed E-state index contributed by atoms with van der Waals surface area (Å²) in [6, 6.07) is -1.25. The molecule has 0 saturated carbocycles. The molecule has 1 heterocycles. The van der Waals surface area contributed by atoms with E-state index in [1.54, 1.807) is 0 Å². The van der Waals surface area contributed by atoms with Crippen molar-refractivity contribution in [3.05, 3.63) is 0 Å². The highest BCUT2D eigenvalue weighted by molar-refractivity contribution is 5.82. The molecule has 0 aromatic carbocycles. The Bertz CT molecular complexity index is 288. The first-order chi connectivity index (χ1) is 8.52. The van der Waals surface area contributed by atoms with Crippen LogP contribution in [0, 0.1) is 5.92 Å². The topological polar surface area (TPSA) is 81.7 Å². The van der Waals surface area contributed by atoms with Crippen molar-refractivity contribution in [2.24, 2.45) is 5.92 Å². The predicted molar refractivity (Wildman–Crippen MR) is 68.5 cm³/mol. The number of likely N-dealkylation sites (tertiary alicyclic amines) is 1. The molecule has 6 heteroatoms. The molecule has 1 aliphatic rings. The first-order valence-corrected chi connectivity index (χ1v) is 6.52. The molecule has 3 N–H and O–H groups in total. The molecule has 0 aliphatic carbocycles. The fraction of sp³-hybridized carbons (Fsp3) is 0.833. The number of carbonyl (C=O) groups excluding carboxylic acids is 1. The molecule has 18 heavy (non-hydrogen) atoms. The number of carboxylic acids is 1. The first-order valence-electron chi connectivity index (χ1n) is 6.52. The molecule has 1 saturated heterocycles. The zero-order chi connectivity index (χ0) is 13.5. The summed E-state index contributed by atoms with van der Waals surface area (Å²) in [7, 11) is 0. The molecule has 2 amide bonds. The molecule has 0 spiro atoms. The van der Waals surface area contributed by atoms with Crippen LogP contribution in [-0.4, -0.2) is 54.2 Å². The quantitative estimate of drug-likeness (QED) is 0.669. The lowest BCUT2D eigenvalue weighted by molar-refractivity contribution is -0.138. The van der Waals surface area contributed by atoms with Crippen molar-refractivity contribution >= 4 is 12.0 Å². The molecule has 0 aromatic rings. The van der Waals surface area contributed by atoms with Crippen molar-refractivity contribution in [3.8, 4) is 0 Å². The number of nitrogens with one attached hydrogen (secondary N) is 2. The maximum atomic E-state index is 11.4. The molecule has 1 aliphatic heterocycles. The van der Waals surface area contributed by atoms with Crippen LogP contribution < -0.4 is 10.6 Å². The third-order valence-corrected chi connectivity index (χ3v) is 3.42. The van der Waals surface area contributed by atoms with Gasteiger partial charge in [-0.1, -0.05) is 6.92 Å². The SMILES string of the molecule is CCN1CCC(CNC(=O)NC(C)C(=O)O)CC1. The number of hydrogen-bond acceptors (Lipinski definition) is 3. The van der Waals surface area contributed by atoms with Crippen LogP contribution in [0.1, 0.15) is 26.7 Å². The van der Waals surface area contributed by atoms with Crippen molar-refractivity contribution in [2.75, 3.05) is 26.2 Å². The summed E-state index contributed by atoms with van der Waals surface area (Å²) in [4.78, 5) is 24.4. The Hall–Kier alpha value is -1.30. The van der Waals surface area contributed by atoms with Crippen LogP contribution in [0.4, 0.5) is 4.79 Å². The van der Waals surface area contributed by atoms with E-state index in [1.807, 2.05) is 0 Å². The zero-order valence-electron chi connectivity index (χ0n) is 11.1. The van der Waals surface area contributed by atoms with E-state index in [-0.39, 0.29) is 0 Å². The largest absolute Gasteiger partial charge is 0.480 e. The Morgan fingerprint density at radius 1 is 1.39 bits per heavy atom. The minimum absolute atomic E-state index is 0.400. The van der Waals surface area contributed by atoms with Crippen LogP contribution in [0.25, 0.3) is 0 Å². The monoisotopic (exact) mass is 257 g/mol. The Kier molecular flexibility index (Phi) is 5.91. The maximum absolute atomic E-state index is 11.4. The number of piperidine rings is 1. The second-order valence-electron chi connectivity index (χ2n) is 4.79. The van der Waals surface area contributed by atoms with Crippen molar-refractivity contribution < 1.29 is 14.7 Å². The van der Waals surface area contributed by atoms with Crippen LogP contribution in [0.5, 0.6) is 0 Å². The number of carbonyl (C=O) groups is 2. The first kappa shape index (κ1) is 14.8. The Balaban J connectivity index is 2.17. The van der Waals surface area contributed by atoms with Crippen LogP contribution in [0.3, 0.4) is 0 Å². The molecule has 104 valence electrons. The van der Waals surface area contributed by atoms with Gasteiger partial charge in [-0.2, -0.15) is 0 Å². The van der Waals surface area contributed by atoms with Gasteiger partial charge < -0.3 is 20.6 Å². The molecule has 1 unspecified atom stereocenters. The minimum atomic E-state index is -1.03. The van der Waals surface area contributed by atoms with Crippen molar-refractivity contribution in [1.29, 1.82) is 0 Å². The number of urea groups is 1. The fourth-order valence-corrected chi connectivity index (χ4v) is 2.05. The zero-order valence-corrected chi connectivity index (χ0v) is 11.1. The van der Waals surface area contributed by atoms with Gasteiger partial charge in [0.25, 0.3) is 0 Å². The van der Waals surface area contributed by atoms with Gasteiger partial charge in [0.15, 0.2) is 0 Å². The molecule has 0 bridgehead atoms. The average molecular weight is 257 g/mol. The van der Waals surface area contributed by atoms with Gasteiger partial charge in [-0.15, -0.1) is 0 Å². The highest BCUT2D eigenvalue weighted by Crippen LogP contribution is 2.15. The lowest BCUT2D eigenvalue weighted by atomic mass is 9.97. The van der Waals surface area contributed by atoms with Gasteiger partial charge in [0.1, 0.15) is 6.04 Å². The molecular weight excluding hydrogens is 234 g/mol. The van der Waals surface area contributed by atoms with E-state index < -0.39 is 18.0 Å². The maximum Gasteiger partial charge on any atom is 0.325 e. The number of aliphatic carboxylic acids is 1. The summed E-state index contributed by atoms with van der Waals surface area (Å²) in [6.45, 7) is 7.46. The molecule has 0 radical (unpaired) electrons. The van der Waals surface area contributed by atoms with Gasteiger partial charge in [0.2, 0.25) is 0 Å².